The molecule has 5 heteroatoms. The first kappa shape index (κ1) is 10.6. The number of aromatic nitrogens is 1. The highest BCUT2D eigenvalue weighted by Gasteiger charge is 2.06. The molecule has 0 radical (unpaired) electrons. The van der Waals surface area contributed by atoms with E-state index in [2.05, 4.69) is 10.3 Å². The Labute approximate surface area is 97.1 Å². The van der Waals surface area contributed by atoms with Crippen LogP contribution in [0.2, 0.25) is 0 Å². The lowest BCUT2D eigenvalue weighted by atomic mass is 10.3. The third-order valence-electron chi connectivity index (χ3n) is 2.04. The topological polar surface area (TPSA) is 68.0 Å². The van der Waals surface area contributed by atoms with Gasteiger partial charge < -0.3 is 11.1 Å². The molecular formula is C11H11N3OS. The molecule has 82 valence electrons. The number of carbonyl (C=O) groups is 1. The molecule has 2 heterocycles. The van der Waals surface area contributed by atoms with E-state index in [0.29, 0.717) is 18.1 Å². The fourth-order valence-corrected chi connectivity index (χ4v) is 1.91. The summed E-state index contributed by atoms with van der Waals surface area (Å²) in [7, 11) is 0. The zero-order chi connectivity index (χ0) is 11.4. The number of nitrogens with zero attached hydrogens (tertiary/aromatic N) is 1. The Balaban J connectivity index is 1.98. The van der Waals surface area contributed by atoms with Crippen LogP contribution in [-0.4, -0.2) is 10.9 Å². The maximum atomic E-state index is 11.7. The Morgan fingerprint density at radius 1 is 1.44 bits per heavy atom. The zero-order valence-corrected chi connectivity index (χ0v) is 9.33. The number of pyridine rings is 1. The van der Waals surface area contributed by atoms with Crippen molar-refractivity contribution in [3.63, 3.8) is 0 Å². The molecule has 4 nitrogen and oxygen atoms in total. The molecule has 2 aromatic heterocycles. The summed E-state index contributed by atoms with van der Waals surface area (Å²) in [4.78, 5) is 15.6. The van der Waals surface area contributed by atoms with E-state index in [0.717, 1.165) is 5.56 Å². The number of carbonyl (C=O) groups excluding carboxylic acids is 1. The van der Waals surface area contributed by atoms with Crippen LogP contribution in [0.1, 0.15) is 16.1 Å². The van der Waals surface area contributed by atoms with E-state index in [-0.39, 0.29) is 5.91 Å². The van der Waals surface area contributed by atoms with Crippen LogP contribution in [0.4, 0.5) is 5.82 Å². The Hall–Kier alpha value is -1.88. The fraction of sp³-hybridized carbons (Fsp3) is 0.0909. The third-order valence-corrected chi connectivity index (χ3v) is 2.77. The van der Waals surface area contributed by atoms with Crippen LogP contribution in [0.3, 0.4) is 0 Å². The SMILES string of the molecule is Nc1cccc(C(=O)NCc2ccsc2)n1. The maximum absolute atomic E-state index is 11.7. The number of anilines is 1. The number of thiophene rings is 1. The number of nitrogen functional groups attached to an aromatic ring is 1. The van der Waals surface area contributed by atoms with Crippen molar-refractivity contribution in [2.45, 2.75) is 6.54 Å². The normalized spacial score (nSPS) is 10.0. The fourth-order valence-electron chi connectivity index (χ4n) is 1.24. The second-order valence-electron chi connectivity index (χ2n) is 3.26. The average molecular weight is 233 g/mol. The van der Waals surface area contributed by atoms with Crippen LogP contribution in [0.5, 0.6) is 0 Å². The number of rotatable bonds is 3. The van der Waals surface area contributed by atoms with Crippen molar-refractivity contribution in [2.75, 3.05) is 5.73 Å². The second kappa shape index (κ2) is 4.76. The van der Waals surface area contributed by atoms with Gasteiger partial charge in [0, 0.05) is 6.54 Å². The average Bonchev–Trinajstić information content (AvgIpc) is 2.78. The van der Waals surface area contributed by atoms with Gasteiger partial charge in [-0.15, -0.1) is 0 Å². The van der Waals surface area contributed by atoms with E-state index in [1.54, 1.807) is 29.5 Å². The number of nitrogens with one attached hydrogen (secondary N) is 1. The number of nitrogens with two attached hydrogens (primary N) is 1. The highest BCUT2D eigenvalue weighted by Crippen LogP contribution is 2.06. The molecule has 0 fully saturated rings. The molecule has 0 aromatic carbocycles. The van der Waals surface area contributed by atoms with E-state index in [1.807, 2.05) is 16.8 Å². The van der Waals surface area contributed by atoms with Crippen molar-refractivity contribution in [1.29, 1.82) is 0 Å². The lowest BCUT2D eigenvalue weighted by Crippen LogP contribution is -2.23. The van der Waals surface area contributed by atoms with Gasteiger partial charge in [0.2, 0.25) is 0 Å². The summed E-state index contributed by atoms with van der Waals surface area (Å²) in [6, 6.07) is 6.97. The molecule has 0 atom stereocenters. The predicted octanol–water partition coefficient (Wildman–Crippen LogP) is 1.66. The van der Waals surface area contributed by atoms with Crippen molar-refractivity contribution in [2.24, 2.45) is 0 Å². The van der Waals surface area contributed by atoms with Gasteiger partial charge in [-0.1, -0.05) is 6.07 Å². The van der Waals surface area contributed by atoms with Gasteiger partial charge in [0.05, 0.1) is 0 Å². The van der Waals surface area contributed by atoms with Crippen molar-refractivity contribution in [1.82, 2.24) is 10.3 Å². The van der Waals surface area contributed by atoms with E-state index in [1.165, 1.54) is 0 Å². The molecule has 0 bridgehead atoms. The Kier molecular flexibility index (Phi) is 3.16. The van der Waals surface area contributed by atoms with Gasteiger partial charge in [0.1, 0.15) is 11.5 Å². The van der Waals surface area contributed by atoms with Gasteiger partial charge in [0.25, 0.3) is 5.91 Å². The molecule has 1 amide bonds. The van der Waals surface area contributed by atoms with Crippen LogP contribution in [0.25, 0.3) is 0 Å². The first-order valence-corrected chi connectivity index (χ1v) is 5.72. The highest BCUT2D eigenvalue weighted by atomic mass is 32.1. The van der Waals surface area contributed by atoms with Crippen molar-refractivity contribution in [3.05, 3.63) is 46.3 Å². The summed E-state index contributed by atoms with van der Waals surface area (Å²) in [6.45, 7) is 0.513. The van der Waals surface area contributed by atoms with Crippen LogP contribution in [0.15, 0.2) is 35.0 Å². The molecule has 2 aromatic rings. The minimum Gasteiger partial charge on any atom is -0.384 e. The summed E-state index contributed by atoms with van der Waals surface area (Å²) in [5.74, 6) is 0.140. The van der Waals surface area contributed by atoms with E-state index in [9.17, 15) is 4.79 Å². The van der Waals surface area contributed by atoms with Crippen LogP contribution < -0.4 is 11.1 Å². The summed E-state index contributed by atoms with van der Waals surface area (Å²) in [5, 5.41) is 6.74. The molecule has 0 aliphatic heterocycles. The minimum absolute atomic E-state index is 0.210. The molecule has 0 aliphatic carbocycles. The van der Waals surface area contributed by atoms with E-state index in [4.69, 9.17) is 5.73 Å². The first-order valence-electron chi connectivity index (χ1n) is 4.77. The Bertz CT molecular complexity index is 482. The van der Waals surface area contributed by atoms with Crippen LogP contribution in [-0.2, 0) is 6.54 Å². The van der Waals surface area contributed by atoms with Gasteiger partial charge in [0.15, 0.2) is 0 Å². The van der Waals surface area contributed by atoms with Gasteiger partial charge in [-0.05, 0) is 34.5 Å². The van der Waals surface area contributed by atoms with Crippen molar-refractivity contribution >= 4 is 23.1 Å². The maximum Gasteiger partial charge on any atom is 0.270 e. The molecular weight excluding hydrogens is 222 g/mol. The molecule has 0 spiro atoms. The van der Waals surface area contributed by atoms with Gasteiger partial charge in [-0.2, -0.15) is 11.3 Å². The second-order valence-corrected chi connectivity index (χ2v) is 4.04. The quantitative estimate of drug-likeness (QED) is 0.847. The monoisotopic (exact) mass is 233 g/mol. The summed E-state index contributed by atoms with van der Waals surface area (Å²) < 4.78 is 0. The standard InChI is InChI=1S/C11H11N3OS/c12-10-3-1-2-9(14-10)11(15)13-6-8-4-5-16-7-8/h1-5,7H,6H2,(H2,12,14)(H,13,15). The number of hydrogen-bond acceptors (Lipinski definition) is 4. The Morgan fingerprint density at radius 3 is 3.00 bits per heavy atom. The first-order chi connectivity index (χ1) is 7.75. The lowest BCUT2D eigenvalue weighted by molar-refractivity contribution is 0.0946. The molecule has 0 saturated heterocycles. The molecule has 3 N–H and O–H groups in total. The summed E-state index contributed by atoms with van der Waals surface area (Å²) in [5.41, 5.74) is 6.93. The highest BCUT2D eigenvalue weighted by molar-refractivity contribution is 7.07. The van der Waals surface area contributed by atoms with E-state index < -0.39 is 0 Å². The molecule has 16 heavy (non-hydrogen) atoms. The summed E-state index contributed by atoms with van der Waals surface area (Å²) in [6.07, 6.45) is 0. The summed E-state index contributed by atoms with van der Waals surface area (Å²) >= 11 is 1.60. The van der Waals surface area contributed by atoms with Gasteiger partial charge >= 0.3 is 0 Å². The van der Waals surface area contributed by atoms with Gasteiger partial charge in [-0.25, -0.2) is 4.98 Å². The molecule has 0 aliphatic rings. The number of hydrogen-bond donors (Lipinski definition) is 2. The van der Waals surface area contributed by atoms with Crippen molar-refractivity contribution < 1.29 is 4.79 Å². The molecule has 2 rings (SSSR count). The molecule has 0 unspecified atom stereocenters. The van der Waals surface area contributed by atoms with Crippen LogP contribution >= 0.6 is 11.3 Å². The lowest BCUT2D eigenvalue weighted by Gasteiger charge is -2.03. The Morgan fingerprint density at radius 2 is 2.31 bits per heavy atom. The van der Waals surface area contributed by atoms with E-state index >= 15 is 0 Å². The molecule has 0 saturated carbocycles. The van der Waals surface area contributed by atoms with Crippen LogP contribution in [0, 0.1) is 0 Å². The largest absolute Gasteiger partial charge is 0.384 e. The smallest absolute Gasteiger partial charge is 0.270 e. The zero-order valence-electron chi connectivity index (χ0n) is 8.51. The third kappa shape index (κ3) is 2.58. The number of amides is 1. The predicted molar refractivity (Wildman–Crippen MR) is 64.1 cm³/mol. The van der Waals surface area contributed by atoms with Crippen molar-refractivity contribution in [3.8, 4) is 0 Å². The van der Waals surface area contributed by atoms with Gasteiger partial charge in [-0.3, -0.25) is 4.79 Å². The minimum atomic E-state index is -0.210.